The standard InChI is InChI=1S/C33H44O8/c1-5-9-31(36)40-23-27(34)11-7-21-38-29-17-13-25(14-18-29)33(3,4)26-15-19-30(20-16-26)39-22-8-12-28(35)24-41-32(37)10-6-2/h5-6,9-10,13-20,27-28,34-35H,7-8,11-12,21-24H2,1-4H3. The summed E-state index contributed by atoms with van der Waals surface area (Å²) in [5.74, 6) is 0.593. The number of hydrogen-bond acceptors (Lipinski definition) is 8. The van der Waals surface area contributed by atoms with E-state index >= 15 is 0 Å². The maximum atomic E-state index is 11.3. The van der Waals surface area contributed by atoms with Crippen molar-refractivity contribution in [1.29, 1.82) is 0 Å². The first-order valence-electron chi connectivity index (χ1n) is 14.1. The average molecular weight is 569 g/mol. The Bertz CT molecular complexity index is 1020. The zero-order chi connectivity index (χ0) is 30.1. The molecule has 224 valence electrons. The molecule has 2 rings (SSSR count). The molecule has 2 aromatic carbocycles. The quantitative estimate of drug-likeness (QED) is 0.142. The molecule has 8 nitrogen and oxygen atoms in total. The summed E-state index contributed by atoms with van der Waals surface area (Å²) in [5.41, 5.74) is 2.04. The molecule has 2 N–H and O–H groups in total. The molecule has 0 amide bonds. The molecule has 0 aromatic heterocycles. The Morgan fingerprint density at radius 3 is 1.41 bits per heavy atom. The largest absolute Gasteiger partial charge is 0.494 e. The number of aliphatic hydroxyl groups excluding tert-OH is 2. The van der Waals surface area contributed by atoms with Crippen LogP contribution in [-0.2, 0) is 24.5 Å². The highest BCUT2D eigenvalue weighted by molar-refractivity contribution is 5.82. The minimum atomic E-state index is -0.716. The Morgan fingerprint density at radius 1 is 0.707 bits per heavy atom. The molecule has 0 fully saturated rings. The molecule has 0 aliphatic rings. The molecule has 0 aliphatic heterocycles. The lowest BCUT2D eigenvalue weighted by molar-refractivity contribution is -0.141. The first-order chi connectivity index (χ1) is 19.6. The molecule has 0 radical (unpaired) electrons. The van der Waals surface area contributed by atoms with Crippen LogP contribution in [0.4, 0.5) is 0 Å². The molecular weight excluding hydrogens is 524 g/mol. The monoisotopic (exact) mass is 568 g/mol. The van der Waals surface area contributed by atoms with E-state index in [1.807, 2.05) is 24.3 Å². The van der Waals surface area contributed by atoms with Crippen LogP contribution < -0.4 is 9.47 Å². The van der Waals surface area contributed by atoms with Gasteiger partial charge in [0.1, 0.15) is 24.7 Å². The minimum Gasteiger partial charge on any atom is -0.494 e. The molecule has 2 unspecified atom stereocenters. The van der Waals surface area contributed by atoms with Crippen molar-refractivity contribution in [3.63, 3.8) is 0 Å². The summed E-state index contributed by atoms with van der Waals surface area (Å²) in [6.45, 7) is 8.63. The topological polar surface area (TPSA) is 112 Å². The third-order valence-corrected chi connectivity index (χ3v) is 6.49. The van der Waals surface area contributed by atoms with E-state index in [2.05, 4.69) is 38.1 Å². The number of carbonyl (C=O) groups is 2. The molecule has 0 bridgehead atoms. The molecule has 0 saturated heterocycles. The van der Waals surface area contributed by atoms with Gasteiger partial charge in [0.2, 0.25) is 0 Å². The lowest BCUT2D eigenvalue weighted by atomic mass is 9.78. The number of hydrogen-bond donors (Lipinski definition) is 2. The first kappa shape index (κ1) is 33.6. The maximum Gasteiger partial charge on any atom is 0.330 e. The van der Waals surface area contributed by atoms with Gasteiger partial charge in [-0.3, -0.25) is 0 Å². The van der Waals surface area contributed by atoms with Gasteiger partial charge in [0, 0.05) is 17.6 Å². The van der Waals surface area contributed by atoms with Gasteiger partial charge < -0.3 is 29.2 Å². The number of ether oxygens (including phenoxy) is 4. The highest BCUT2D eigenvalue weighted by Gasteiger charge is 2.23. The third-order valence-electron chi connectivity index (χ3n) is 6.49. The Morgan fingerprint density at radius 2 is 1.07 bits per heavy atom. The number of aliphatic hydroxyl groups is 2. The Kier molecular flexibility index (Phi) is 14.7. The number of benzene rings is 2. The number of carbonyl (C=O) groups excluding carboxylic acids is 2. The molecule has 0 saturated carbocycles. The molecule has 0 aliphatic carbocycles. The summed E-state index contributed by atoms with van der Waals surface area (Å²) in [6, 6.07) is 16.0. The first-order valence-corrected chi connectivity index (χ1v) is 14.1. The van der Waals surface area contributed by atoms with E-state index in [0.717, 1.165) is 22.6 Å². The lowest BCUT2D eigenvalue weighted by Gasteiger charge is -2.26. The molecule has 8 heteroatoms. The van der Waals surface area contributed by atoms with Crippen molar-refractivity contribution in [3.8, 4) is 11.5 Å². The fraction of sp³-hybridized carbons (Fsp3) is 0.455. The van der Waals surface area contributed by atoms with E-state index in [4.69, 9.17) is 18.9 Å². The number of esters is 2. The van der Waals surface area contributed by atoms with Crippen molar-refractivity contribution in [2.45, 2.75) is 71.0 Å². The summed E-state index contributed by atoms with van der Waals surface area (Å²) >= 11 is 0. The average Bonchev–Trinajstić information content (AvgIpc) is 2.96. The van der Waals surface area contributed by atoms with Gasteiger partial charge in [-0.15, -0.1) is 0 Å². The summed E-state index contributed by atoms with van der Waals surface area (Å²) in [4.78, 5) is 22.6. The van der Waals surface area contributed by atoms with E-state index in [1.54, 1.807) is 26.0 Å². The van der Waals surface area contributed by atoms with Crippen molar-refractivity contribution in [2.24, 2.45) is 0 Å². The molecule has 0 spiro atoms. The predicted molar refractivity (Wildman–Crippen MR) is 158 cm³/mol. The van der Waals surface area contributed by atoms with Crippen molar-refractivity contribution in [3.05, 3.63) is 84.0 Å². The second-order valence-electron chi connectivity index (χ2n) is 10.2. The number of allylic oxidation sites excluding steroid dienone is 2. The fourth-order valence-electron chi connectivity index (χ4n) is 4.01. The lowest BCUT2D eigenvalue weighted by Crippen LogP contribution is -2.19. The van der Waals surface area contributed by atoms with E-state index in [0.29, 0.717) is 38.9 Å². The Balaban J connectivity index is 1.74. The molecule has 0 heterocycles. The second kappa shape index (κ2) is 17.9. The SMILES string of the molecule is CC=CC(=O)OCC(O)CCCOc1ccc(C(C)(C)c2ccc(OCCCC(O)COC(=O)C=CC)cc2)cc1. The highest BCUT2D eigenvalue weighted by atomic mass is 16.5. The van der Waals surface area contributed by atoms with Gasteiger partial charge in [0.05, 0.1) is 25.4 Å². The fourth-order valence-corrected chi connectivity index (χ4v) is 4.01. The van der Waals surface area contributed by atoms with Crippen LogP contribution in [0.1, 0.15) is 64.5 Å². The van der Waals surface area contributed by atoms with E-state index in [1.165, 1.54) is 12.2 Å². The van der Waals surface area contributed by atoms with Gasteiger partial charge in [-0.2, -0.15) is 0 Å². The summed E-state index contributed by atoms with van der Waals surface area (Å²) in [6.07, 6.45) is 6.62. The van der Waals surface area contributed by atoms with Gasteiger partial charge in [0.25, 0.3) is 0 Å². The zero-order valence-electron chi connectivity index (χ0n) is 24.6. The van der Waals surface area contributed by atoms with Crippen LogP contribution >= 0.6 is 0 Å². The molecule has 41 heavy (non-hydrogen) atoms. The van der Waals surface area contributed by atoms with Crippen molar-refractivity contribution < 1.29 is 38.7 Å². The summed E-state index contributed by atoms with van der Waals surface area (Å²) in [7, 11) is 0. The van der Waals surface area contributed by atoms with Crippen molar-refractivity contribution in [2.75, 3.05) is 26.4 Å². The summed E-state index contributed by atoms with van der Waals surface area (Å²) in [5, 5.41) is 19.9. The third kappa shape index (κ3) is 12.6. The highest BCUT2D eigenvalue weighted by Crippen LogP contribution is 2.33. The molecule has 2 atom stereocenters. The van der Waals surface area contributed by atoms with Gasteiger partial charge >= 0.3 is 11.9 Å². The van der Waals surface area contributed by atoms with Crippen LogP contribution in [0, 0.1) is 0 Å². The molecule has 2 aromatic rings. The van der Waals surface area contributed by atoms with Gasteiger partial charge in [0.15, 0.2) is 0 Å². The van der Waals surface area contributed by atoms with Crippen LogP contribution in [0.2, 0.25) is 0 Å². The van der Waals surface area contributed by atoms with Gasteiger partial charge in [-0.05, 0) is 74.9 Å². The molecular formula is C33H44O8. The Labute approximate surface area is 243 Å². The normalized spacial score (nSPS) is 13.2. The van der Waals surface area contributed by atoms with Crippen LogP contribution in [-0.4, -0.2) is 60.8 Å². The van der Waals surface area contributed by atoms with Crippen molar-refractivity contribution >= 4 is 11.9 Å². The van der Waals surface area contributed by atoms with E-state index in [-0.39, 0.29) is 18.6 Å². The van der Waals surface area contributed by atoms with E-state index < -0.39 is 24.1 Å². The number of rotatable bonds is 18. The van der Waals surface area contributed by atoms with Crippen molar-refractivity contribution in [1.82, 2.24) is 0 Å². The van der Waals surface area contributed by atoms with E-state index in [9.17, 15) is 19.8 Å². The second-order valence-corrected chi connectivity index (χ2v) is 10.2. The zero-order valence-corrected chi connectivity index (χ0v) is 24.6. The van der Waals surface area contributed by atoms with Crippen LogP contribution in [0.3, 0.4) is 0 Å². The maximum absolute atomic E-state index is 11.3. The van der Waals surface area contributed by atoms with Gasteiger partial charge in [-0.1, -0.05) is 50.3 Å². The van der Waals surface area contributed by atoms with Crippen LogP contribution in [0.25, 0.3) is 0 Å². The minimum absolute atomic E-state index is 0.0261. The van der Waals surface area contributed by atoms with Crippen LogP contribution in [0.5, 0.6) is 11.5 Å². The van der Waals surface area contributed by atoms with Gasteiger partial charge in [-0.25, -0.2) is 9.59 Å². The summed E-state index contributed by atoms with van der Waals surface area (Å²) < 4.78 is 21.5. The van der Waals surface area contributed by atoms with Crippen LogP contribution in [0.15, 0.2) is 72.8 Å². The predicted octanol–water partition coefficient (Wildman–Crippen LogP) is 5.29. The Hall–Kier alpha value is -3.62. The smallest absolute Gasteiger partial charge is 0.330 e.